The summed E-state index contributed by atoms with van der Waals surface area (Å²) in [4.78, 5) is 22.5. The molecule has 1 aliphatic rings. The third-order valence-electron chi connectivity index (χ3n) is 16.8. The number of piperazine rings is 1. The smallest absolute Gasteiger partial charge is 0.305 e. The number of nitrogens with zero attached hydrogens (tertiary/aromatic N) is 4. The molecular formula is C75H140N4O6S2. The number of hydrogen-bond acceptors (Lipinski definition) is 12. The highest BCUT2D eigenvalue weighted by atomic mass is 33.1. The number of aliphatic hydroxyl groups is 4. The van der Waals surface area contributed by atoms with E-state index in [1.165, 1.54) is 116 Å². The Kier molecular flexibility index (Phi) is 63.0. The fraction of sp³-hybridized carbons (Fsp3) is 0.827. The summed E-state index contributed by atoms with van der Waals surface area (Å²) in [6.45, 7) is 19.1. The van der Waals surface area contributed by atoms with Gasteiger partial charge >= 0.3 is 5.97 Å². The fourth-order valence-corrected chi connectivity index (χ4v) is 13.5. The second-order valence-corrected chi connectivity index (χ2v) is 27.9. The lowest BCUT2D eigenvalue weighted by molar-refractivity contribution is -0.144. The van der Waals surface area contributed by atoms with E-state index in [-0.39, 0.29) is 18.2 Å². The van der Waals surface area contributed by atoms with E-state index < -0.39 is 12.2 Å². The second-order valence-electron chi connectivity index (χ2n) is 25.2. The van der Waals surface area contributed by atoms with Crippen LogP contribution in [-0.2, 0) is 9.53 Å². The summed E-state index contributed by atoms with van der Waals surface area (Å²) in [5, 5.41) is 44.4. The molecule has 1 saturated heterocycles. The van der Waals surface area contributed by atoms with Gasteiger partial charge in [0.2, 0.25) is 0 Å². The number of allylic oxidation sites excluding steroid dienone is 12. The Labute approximate surface area is 546 Å². The molecule has 0 aromatic heterocycles. The van der Waals surface area contributed by atoms with Crippen LogP contribution in [0.1, 0.15) is 278 Å². The van der Waals surface area contributed by atoms with E-state index in [9.17, 15) is 25.2 Å². The molecule has 4 unspecified atom stereocenters. The molecule has 87 heavy (non-hydrogen) atoms. The topological polar surface area (TPSA) is 120 Å². The molecule has 0 aromatic rings. The van der Waals surface area contributed by atoms with E-state index in [1.54, 1.807) is 0 Å². The molecule has 4 atom stereocenters. The fourth-order valence-electron chi connectivity index (χ4n) is 11.4. The van der Waals surface area contributed by atoms with Crippen LogP contribution in [0.4, 0.5) is 0 Å². The Balaban J connectivity index is 2.44. The van der Waals surface area contributed by atoms with Crippen molar-refractivity contribution in [3.05, 3.63) is 72.9 Å². The zero-order chi connectivity index (χ0) is 63.0. The number of carbonyl (C=O) groups excluding carboxylic acids is 1. The van der Waals surface area contributed by atoms with Crippen LogP contribution in [0.3, 0.4) is 0 Å². The van der Waals surface area contributed by atoms with Crippen molar-refractivity contribution in [3.8, 4) is 0 Å². The molecule has 1 heterocycles. The van der Waals surface area contributed by atoms with Crippen molar-refractivity contribution < 1.29 is 30.0 Å². The monoisotopic (exact) mass is 1260 g/mol. The number of aliphatic hydroxyl groups excluding tert-OH is 4. The Morgan fingerprint density at radius 1 is 0.402 bits per heavy atom. The van der Waals surface area contributed by atoms with Gasteiger partial charge in [0.25, 0.3) is 0 Å². The molecule has 0 saturated carbocycles. The maximum atomic E-state index is 13.0. The molecule has 0 aromatic carbocycles. The maximum absolute atomic E-state index is 13.0. The standard InChI is InChI=1S/C75H140N4O6S2/c1-5-9-13-17-21-25-27-29-31-33-35-39-43-47-51-71(80)67-78(68-72(81)52-48-44-40-36-34-32-30-28-26-22-18-14-10-6-2)56-49-55-75(84)85-64-62-76-58-60-77(61-59-76)63-66-87-86-65-50-57-79(69-73(82)53-45-41-37-23-19-15-11-7-3)70-74(83)54-46-42-38-24-20-16-12-8-4/h9-10,13-14,21-22,25-26,29-32,71-74,80-83H,5-8,11-12,15-20,23-24,27-28,33-70H2,1-4H3/b13-9-,14-10-,25-21-,26-22-,31-29-,32-30-. The summed E-state index contributed by atoms with van der Waals surface area (Å²) >= 11 is 0. The highest BCUT2D eigenvalue weighted by molar-refractivity contribution is 8.76. The molecule has 0 amide bonds. The van der Waals surface area contributed by atoms with Gasteiger partial charge in [-0.25, -0.2) is 0 Å². The van der Waals surface area contributed by atoms with Gasteiger partial charge in [-0.1, -0.05) is 263 Å². The first kappa shape index (κ1) is 83.3. The molecule has 0 bridgehead atoms. The van der Waals surface area contributed by atoms with Gasteiger partial charge in [-0.05, 0) is 116 Å². The van der Waals surface area contributed by atoms with E-state index in [2.05, 4.69) is 120 Å². The first-order chi connectivity index (χ1) is 42.7. The summed E-state index contributed by atoms with van der Waals surface area (Å²) in [6.07, 6.45) is 68.5. The third-order valence-corrected chi connectivity index (χ3v) is 19.3. The van der Waals surface area contributed by atoms with E-state index in [0.29, 0.717) is 52.2 Å². The number of carbonyl (C=O) groups is 1. The molecule has 508 valence electrons. The van der Waals surface area contributed by atoms with Crippen molar-refractivity contribution in [1.29, 1.82) is 0 Å². The molecule has 1 rings (SSSR count). The number of rotatable bonds is 65. The highest BCUT2D eigenvalue weighted by Gasteiger charge is 2.20. The van der Waals surface area contributed by atoms with Gasteiger partial charge in [-0.15, -0.1) is 0 Å². The molecular weight excluding hydrogens is 1120 g/mol. The zero-order valence-corrected chi connectivity index (χ0v) is 58.8. The van der Waals surface area contributed by atoms with Crippen molar-refractivity contribution in [3.63, 3.8) is 0 Å². The number of ether oxygens (including phenoxy) is 1. The number of esters is 1. The van der Waals surface area contributed by atoms with Crippen LogP contribution in [0.2, 0.25) is 0 Å². The minimum Gasteiger partial charge on any atom is -0.464 e. The molecule has 10 nitrogen and oxygen atoms in total. The van der Waals surface area contributed by atoms with Crippen LogP contribution in [0, 0.1) is 0 Å². The second kappa shape index (κ2) is 65.8. The van der Waals surface area contributed by atoms with Crippen LogP contribution in [0.15, 0.2) is 72.9 Å². The van der Waals surface area contributed by atoms with Crippen LogP contribution >= 0.6 is 21.6 Å². The molecule has 0 aliphatic carbocycles. The van der Waals surface area contributed by atoms with Crippen molar-refractivity contribution in [1.82, 2.24) is 19.6 Å². The Morgan fingerprint density at radius 2 is 0.736 bits per heavy atom. The van der Waals surface area contributed by atoms with Gasteiger partial charge in [0.15, 0.2) is 0 Å². The van der Waals surface area contributed by atoms with Crippen LogP contribution in [0.5, 0.6) is 0 Å². The van der Waals surface area contributed by atoms with E-state index in [4.69, 9.17) is 4.74 Å². The lowest BCUT2D eigenvalue weighted by Gasteiger charge is -2.34. The SMILES string of the molecule is CC/C=C\C/C=C\C/C=C\CCCCCCC(O)CN(CCCC(=O)OCCN1CCN(CCSSCCCN(CC(O)CCCCCCCCCC)CC(O)CCCCCCCCCC)CC1)CC(O)CCCCCC/C=C\C/C=C\C/C=C\CC. The molecule has 0 radical (unpaired) electrons. The van der Waals surface area contributed by atoms with Gasteiger partial charge in [-0.3, -0.25) is 24.4 Å². The van der Waals surface area contributed by atoms with Gasteiger partial charge in [0.05, 0.1) is 24.4 Å². The van der Waals surface area contributed by atoms with Gasteiger partial charge < -0.3 is 25.2 Å². The summed E-state index contributed by atoms with van der Waals surface area (Å²) in [5.41, 5.74) is 0. The van der Waals surface area contributed by atoms with Gasteiger partial charge in [0, 0.05) is 83.4 Å². The Morgan fingerprint density at radius 3 is 1.14 bits per heavy atom. The Hall–Kier alpha value is -1.71. The van der Waals surface area contributed by atoms with Crippen LogP contribution < -0.4 is 0 Å². The normalized spacial score (nSPS) is 15.4. The lowest BCUT2D eigenvalue weighted by atomic mass is 10.0. The van der Waals surface area contributed by atoms with Crippen molar-refractivity contribution in [2.24, 2.45) is 0 Å². The summed E-state index contributed by atoms with van der Waals surface area (Å²) < 4.78 is 5.76. The molecule has 1 aliphatic heterocycles. The van der Waals surface area contributed by atoms with Crippen molar-refractivity contribution >= 4 is 27.6 Å². The quantitative estimate of drug-likeness (QED) is 0.0201. The maximum Gasteiger partial charge on any atom is 0.305 e. The first-order valence-electron chi connectivity index (χ1n) is 36.6. The third kappa shape index (κ3) is 59.1. The molecule has 0 spiro atoms. The number of unbranched alkanes of at least 4 members (excludes halogenated alkanes) is 22. The average Bonchev–Trinajstić information content (AvgIpc) is 3.61. The van der Waals surface area contributed by atoms with Crippen LogP contribution in [-0.4, -0.2) is 167 Å². The van der Waals surface area contributed by atoms with E-state index >= 15 is 0 Å². The average molecular weight is 1260 g/mol. The summed E-state index contributed by atoms with van der Waals surface area (Å²) in [6, 6.07) is 0. The molecule has 12 heteroatoms. The molecule has 1 fully saturated rings. The van der Waals surface area contributed by atoms with Crippen molar-refractivity contribution in [2.75, 3.05) is 96.6 Å². The predicted molar refractivity (Wildman–Crippen MR) is 383 cm³/mol. The van der Waals surface area contributed by atoms with E-state index in [1.807, 2.05) is 21.6 Å². The van der Waals surface area contributed by atoms with Gasteiger partial charge in [-0.2, -0.15) is 0 Å². The first-order valence-corrected chi connectivity index (χ1v) is 39.1. The predicted octanol–water partition coefficient (Wildman–Crippen LogP) is 18.2. The van der Waals surface area contributed by atoms with E-state index in [0.717, 1.165) is 179 Å². The Bertz CT molecular complexity index is 1550. The minimum absolute atomic E-state index is 0.160. The minimum atomic E-state index is -0.448. The summed E-state index contributed by atoms with van der Waals surface area (Å²) in [7, 11) is 3.93. The zero-order valence-electron chi connectivity index (χ0n) is 57.1. The van der Waals surface area contributed by atoms with Gasteiger partial charge in [0.1, 0.15) is 6.61 Å². The summed E-state index contributed by atoms with van der Waals surface area (Å²) in [5.74, 6) is 2.01. The van der Waals surface area contributed by atoms with Crippen molar-refractivity contribution in [2.45, 2.75) is 303 Å². The molecule has 4 N–H and O–H groups in total. The largest absolute Gasteiger partial charge is 0.464 e. The highest BCUT2D eigenvalue weighted by Crippen LogP contribution is 2.23. The lowest BCUT2D eigenvalue weighted by Crippen LogP contribution is -2.47. The van der Waals surface area contributed by atoms with Crippen LogP contribution in [0.25, 0.3) is 0 Å². The number of hydrogen-bond donors (Lipinski definition) is 4.